The Kier molecular flexibility index (Phi) is 13.8. The number of aryl methyl sites for hydroxylation is 6. The highest BCUT2D eigenvalue weighted by atomic mass is 15.1. The normalized spacial score (nSPS) is 11.2. The van der Waals surface area contributed by atoms with Crippen LogP contribution in [0.15, 0.2) is 61.6 Å². The van der Waals surface area contributed by atoms with E-state index in [9.17, 15) is 0 Å². The van der Waals surface area contributed by atoms with Gasteiger partial charge in [0.1, 0.15) is 6.33 Å². The molecule has 0 spiro atoms. The topological polar surface area (TPSA) is 67.3 Å². The predicted molar refractivity (Wildman–Crippen MR) is 148 cm³/mol. The van der Waals surface area contributed by atoms with E-state index in [0.29, 0.717) is 0 Å². The van der Waals surface area contributed by atoms with E-state index in [1.807, 2.05) is 46.2 Å². The minimum absolute atomic E-state index is 1.08. The Labute approximate surface area is 212 Å². The summed E-state index contributed by atoms with van der Waals surface area (Å²) in [4.78, 5) is 11.5. The van der Waals surface area contributed by atoms with Crippen LogP contribution >= 0.6 is 0 Å². The van der Waals surface area contributed by atoms with Crippen molar-refractivity contribution < 1.29 is 0 Å². The highest BCUT2D eigenvalue weighted by Gasteiger charge is 2.12. The number of H-pyrrole nitrogens is 1. The van der Waals surface area contributed by atoms with Gasteiger partial charge in [0.05, 0.1) is 0 Å². The average Bonchev–Trinajstić information content (AvgIpc) is 3.46. The van der Waals surface area contributed by atoms with Crippen molar-refractivity contribution in [2.24, 2.45) is 5.92 Å². The van der Waals surface area contributed by atoms with Crippen LogP contribution in [0.3, 0.4) is 0 Å². The predicted octanol–water partition coefficient (Wildman–Crippen LogP) is 7.54. The molecule has 5 nitrogen and oxygen atoms in total. The molecule has 0 saturated heterocycles. The number of rotatable bonds is 0. The summed E-state index contributed by atoms with van der Waals surface area (Å²) >= 11 is 0. The molecular weight excluding hydrogens is 430 g/mol. The van der Waals surface area contributed by atoms with Crippen LogP contribution in [0, 0.1) is 61.3 Å². The Morgan fingerprint density at radius 1 is 0.657 bits per heavy atom. The van der Waals surface area contributed by atoms with Gasteiger partial charge in [0.2, 0.25) is 0 Å². The lowest BCUT2D eigenvalue weighted by Gasteiger charge is -2.06. The van der Waals surface area contributed by atoms with Crippen LogP contribution in [0.2, 0.25) is 0 Å². The summed E-state index contributed by atoms with van der Waals surface area (Å²) in [6.45, 7) is 19.0. The number of nitrogens with zero attached hydrogens (tertiary/aromatic N) is 4. The Morgan fingerprint density at radius 2 is 1.11 bits per heavy atom. The van der Waals surface area contributed by atoms with Gasteiger partial charge in [-0.2, -0.15) is 5.10 Å². The lowest BCUT2D eigenvalue weighted by molar-refractivity contribution is 0.983. The van der Waals surface area contributed by atoms with Gasteiger partial charge < -0.3 is 0 Å². The highest BCUT2D eigenvalue weighted by molar-refractivity contribution is 5.37. The zero-order chi connectivity index (χ0) is 26.2. The fraction of sp³-hybridized carbons (Fsp3) is 0.400. The van der Waals surface area contributed by atoms with Crippen LogP contribution in [-0.2, 0) is 0 Å². The Bertz CT molecular complexity index is 1040. The van der Waals surface area contributed by atoms with Gasteiger partial charge in [0.15, 0.2) is 0 Å². The molecular formula is C30H43N5. The van der Waals surface area contributed by atoms with E-state index >= 15 is 0 Å². The molecule has 1 aromatic carbocycles. The second-order valence-electron chi connectivity index (χ2n) is 9.33. The van der Waals surface area contributed by atoms with Crippen molar-refractivity contribution in [3.05, 3.63) is 106 Å². The maximum atomic E-state index is 3.98. The summed E-state index contributed by atoms with van der Waals surface area (Å²) < 4.78 is 0. The van der Waals surface area contributed by atoms with Crippen LogP contribution in [-0.4, -0.2) is 25.1 Å². The van der Waals surface area contributed by atoms with Crippen molar-refractivity contribution in [2.45, 2.75) is 75.2 Å². The third-order valence-corrected chi connectivity index (χ3v) is 5.54. The third kappa shape index (κ3) is 14.5. The van der Waals surface area contributed by atoms with Gasteiger partial charge in [-0.3, -0.25) is 10.1 Å². The minimum Gasteiger partial charge on any atom is -0.283 e. The summed E-state index contributed by atoms with van der Waals surface area (Å²) in [5.41, 5.74) is 10.3. The summed E-state index contributed by atoms with van der Waals surface area (Å²) in [6, 6.07) is 8.38. The van der Waals surface area contributed by atoms with Crippen LogP contribution in [0.1, 0.15) is 64.4 Å². The molecule has 5 rings (SSSR count). The van der Waals surface area contributed by atoms with Gasteiger partial charge in [-0.25, -0.2) is 9.97 Å². The molecule has 0 unspecified atom stereocenters. The lowest BCUT2D eigenvalue weighted by Crippen LogP contribution is -1.88. The number of aromatic nitrogens is 5. The van der Waals surface area contributed by atoms with Crippen molar-refractivity contribution in [1.82, 2.24) is 25.1 Å². The maximum absolute atomic E-state index is 3.98. The van der Waals surface area contributed by atoms with Crippen molar-refractivity contribution >= 4 is 0 Å². The lowest BCUT2D eigenvalue weighted by atomic mass is 10.0. The smallest absolute Gasteiger partial charge is 0.115 e. The zero-order valence-electron chi connectivity index (χ0n) is 23.1. The van der Waals surface area contributed by atoms with Crippen molar-refractivity contribution in [1.29, 1.82) is 0 Å². The zero-order valence-corrected chi connectivity index (χ0v) is 23.1. The first-order chi connectivity index (χ1) is 16.6. The van der Waals surface area contributed by atoms with Gasteiger partial charge in [0.25, 0.3) is 0 Å². The summed E-state index contributed by atoms with van der Waals surface area (Å²) in [5.74, 6) is 1.08. The molecule has 1 saturated carbocycles. The largest absolute Gasteiger partial charge is 0.283 e. The first kappa shape index (κ1) is 29.7. The fourth-order valence-corrected chi connectivity index (χ4v) is 2.66. The Morgan fingerprint density at radius 3 is 1.34 bits per heavy atom. The van der Waals surface area contributed by atoms with Crippen LogP contribution in [0.25, 0.3) is 0 Å². The second kappa shape index (κ2) is 16.3. The number of pyridine rings is 1. The molecule has 0 amide bonds. The molecule has 3 aromatic heterocycles. The van der Waals surface area contributed by atoms with E-state index in [2.05, 4.69) is 78.0 Å². The third-order valence-electron chi connectivity index (χ3n) is 5.54. The quantitative estimate of drug-likeness (QED) is 0.286. The first-order valence-corrected chi connectivity index (χ1v) is 12.2. The van der Waals surface area contributed by atoms with Crippen LogP contribution in [0.4, 0.5) is 0 Å². The maximum Gasteiger partial charge on any atom is 0.115 e. The van der Waals surface area contributed by atoms with Gasteiger partial charge in [0, 0.05) is 36.7 Å². The molecule has 1 aliphatic rings. The van der Waals surface area contributed by atoms with Crippen molar-refractivity contribution in [2.75, 3.05) is 0 Å². The molecule has 188 valence electrons. The van der Waals surface area contributed by atoms with E-state index in [4.69, 9.17) is 0 Å². The minimum atomic E-state index is 1.08. The summed E-state index contributed by atoms with van der Waals surface area (Å²) in [6.07, 6.45) is 13.5. The van der Waals surface area contributed by atoms with Gasteiger partial charge >= 0.3 is 0 Å². The van der Waals surface area contributed by atoms with E-state index in [0.717, 1.165) is 17.2 Å². The van der Waals surface area contributed by atoms with Crippen molar-refractivity contribution in [3.8, 4) is 0 Å². The first-order valence-electron chi connectivity index (χ1n) is 12.2. The number of hydrogen-bond donors (Lipinski definition) is 1. The molecule has 0 bridgehead atoms. The number of hydrogen-bond acceptors (Lipinski definition) is 4. The average molecular weight is 474 g/mol. The number of benzene rings is 1. The molecule has 5 heteroatoms. The summed E-state index contributed by atoms with van der Waals surface area (Å²) in [7, 11) is 0. The fourth-order valence-electron chi connectivity index (χ4n) is 2.66. The number of aromatic amines is 1. The molecule has 1 N–H and O–H groups in total. The molecule has 0 aliphatic heterocycles. The van der Waals surface area contributed by atoms with Gasteiger partial charge in [-0.05, 0) is 106 Å². The molecule has 1 fully saturated rings. The Balaban J connectivity index is 0.000000224. The molecule has 0 radical (unpaired) electrons. The van der Waals surface area contributed by atoms with E-state index in [1.165, 1.54) is 52.5 Å². The SMILES string of the molecule is CC1CC1.Cc1ccc(C)c(C)c1C.Cc1ccn[nH]1.Cc1cncc(C)c1.Cc1cncnc1. The van der Waals surface area contributed by atoms with Crippen molar-refractivity contribution in [3.63, 3.8) is 0 Å². The molecule has 35 heavy (non-hydrogen) atoms. The number of nitrogens with one attached hydrogen (secondary N) is 1. The molecule has 4 aromatic rings. The molecule has 1 aliphatic carbocycles. The van der Waals surface area contributed by atoms with E-state index in [1.54, 1.807) is 18.6 Å². The van der Waals surface area contributed by atoms with E-state index < -0.39 is 0 Å². The highest BCUT2D eigenvalue weighted by Crippen LogP contribution is 2.26. The van der Waals surface area contributed by atoms with Gasteiger partial charge in [-0.1, -0.05) is 38.0 Å². The standard InChI is InChI=1S/C10H14.C7H9N.C5H6N2.C4H6N2.C4H8/c1-7-5-6-8(2)10(4)9(7)3;1-6-3-7(2)5-8-4-6;1-5-2-6-4-7-3-5;1-4-2-3-5-6-4;1-4-2-3-4/h5-6H,1-4H3;3-5H,1-2H3;2-4H,1H3;2-3H,1H3,(H,5,6);4H,2-3H2,1H3. The summed E-state index contributed by atoms with van der Waals surface area (Å²) in [5, 5.41) is 6.45. The molecule has 0 atom stereocenters. The van der Waals surface area contributed by atoms with Crippen LogP contribution < -0.4 is 0 Å². The van der Waals surface area contributed by atoms with Crippen LogP contribution in [0.5, 0.6) is 0 Å². The Hall–Kier alpha value is -3.34. The van der Waals surface area contributed by atoms with E-state index in [-0.39, 0.29) is 0 Å². The second-order valence-corrected chi connectivity index (χ2v) is 9.33. The van der Waals surface area contributed by atoms with Gasteiger partial charge in [-0.15, -0.1) is 0 Å². The monoisotopic (exact) mass is 473 g/mol. The molecule has 3 heterocycles.